The van der Waals surface area contributed by atoms with Crippen molar-refractivity contribution in [3.63, 3.8) is 0 Å². The van der Waals surface area contributed by atoms with E-state index in [1.165, 1.54) is 36.0 Å². The molecular weight excluding hydrogens is 541 g/mol. The molecule has 0 bridgehead atoms. The third-order valence-electron chi connectivity index (χ3n) is 5.13. The number of anilines is 1. The number of carbonyl (C=O) groups is 2. The molecule has 4 rings (SSSR count). The molecule has 174 valence electrons. The molecule has 1 aliphatic rings. The Morgan fingerprint density at radius 1 is 1.09 bits per heavy atom. The van der Waals surface area contributed by atoms with E-state index >= 15 is 0 Å². The number of hydrogen-bond donors (Lipinski definition) is 1. The van der Waals surface area contributed by atoms with Crippen molar-refractivity contribution in [2.24, 2.45) is 4.99 Å². The maximum atomic E-state index is 13.4. The van der Waals surface area contributed by atoms with Crippen molar-refractivity contribution < 1.29 is 14.0 Å². The maximum absolute atomic E-state index is 13.4. The predicted octanol–water partition coefficient (Wildman–Crippen LogP) is 6.44. The van der Waals surface area contributed by atoms with Gasteiger partial charge in [-0.1, -0.05) is 51.4 Å². The van der Waals surface area contributed by atoms with Crippen LogP contribution in [0.15, 0.2) is 82.3 Å². The van der Waals surface area contributed by atoms with Gasteiger partial charge in [0.2, 0.25) is 11.8 Å². The summed E-state index contributed by atoms with van der Waals surface area (Å²) >= 11 is 10.6. The van der Waals surface area contributed by atoms with Gasteiger partial charge in [-0.15, -0.1) is 0 Å². The summed E-state index contributed by atoms with van der Waals surface area (Å²) < 4.78 is 14.3. The molecule has 3 aromatic rings. The van der Waals surface area contributed by atoms with Gasteiger partial charge in [-0.05, 0) is 72.6 Å². The minimum atomic E-state index is -0.637. The Hall–Kier alpha value is -2.68. The van der Waals surface area contributed by atoms with E-state index in [2.05, 4.69) is 26.2 Å². The molecule has 9 heteroatoms. The molecule has 0 saturated carbocycles. The van der Waals surface area contributed by atoms with Crippen LogP contribution in [0.5, 0.6) is 0 Å². The Bertz CT molecular complexity index is 1200. The van der Waals surface area contributed by atoms with Crippen LogP contribution in [0.2, 0.25) is 5.02 Å². The summed E-state index contributed by atoms with van der Waals surface area (Å²) in [4.78, 5) is 32.2. The fraction of sp³-hybridized carbons (Fsp3) is 0.160. The van der Waals surface area contributed by atoms with Crippen LogP contribution in [0, 0.1) is 5.82 Å². The van der Waals surface area contributed by atoms with E-state index in [1.54, 1.807) is 29.2 Å². The van der Waals surface area contributed by atoms with Gasteiger partial charge in [0.05, 0.1) is 5.69 Å². The summed E-state index contributed by atoms with van der Waals surface area (Å²) in [5.74, 6) is -0.836. The first kappa shape index (κ1) is 24.4. The lowest BCUT2D eigenvalue weighted by molar-refractivity contribution is -0.129. The average Bonchev–Trinajstić information content (AvgIpc) is 2.82. The molecule has 34 heavy (non-hydrogen) atoms. The normalized spacial score (nSPS) is 17.1. The Kier molecular flexibility index (Phi) is 8.03. The zero-order valence-electron chi connectivity index (χ0n) is 17.9. The van der Waals surface area contributed by atoms with E-state index in [4.69, 9.17) is 11.6 Å². The smallest absolute Gasteiger partial charge is 0.238 e. The summed E-state index contributed by atoms with van der Waals surface area (Å²) in [6.07, 6.45) is 0.651. The highest BCUT2D eigenvalue weighted by molar-refractivity contribution is 9.10. The summed E-state index contributed by atoms with van der Waals surface area (Å²) in [7, 11) is 0. The highest BCUT2D eigenvalue weighted by atomic mass is 79.9. The number of nitrogens with zero attached hydrogens (tertiary/aromatic N) is 2. The van der Waals surface area contributed by atoms with Crippen molar-refractivity contribution in [3.8, 4) is 0 Å². The topological polar surface area (TPSA) is 61.8 Å². The van der Waals surface area contributed by atoms with Crippen molar-refractivity contribution >= 4 is 67.6 Å². The lowest BCUT2D eigenvalue weighted by Crippen LogP contribution is -2.46. The zero-order chi connectivity index (χ0) is 24.1. The minimum Gasteiger partial charge on any atom is -0.325 e. The summed E-state index contributed by atoms with van der Waals surface area (Å²) in [6.45, 7) is 0.397. The van der Waals surface area contributed by atoms with Gasteiger partial charge in [0, 0.05) is 28.1 Å². The van der Waals surface area contributed by atoms with E-state index in [9.17, 15) is 14.0 Å². The van der Waals surface area contributed by atoms with Gasteiger partial charge in [0.25, 0.3) is 0 Å². The first-order valence-electron chi connectivity index (χ1n) is 10.5. The molecule has 0 aromatic heterocycles. The molecule has 0 spiro atoms. The van der Waals surface area contributed by atoms with E-state index < -0.39 is 5.25 Å². The molecule has 1 heterocycles. The van der Waals surface area contributed by atoms with Crippen LogP contribution in [0.1, 0.15) is 12.0 Å². The monoisotopic (exact) mass is 559 g/mol. The van der Waals surface area contributed by atoms with Gasteiger partial charge in [0.15, 0.2) is 5.17 Å². The standard InChI is InChI=1S/C25H20BrClFN3O2S/c26-17-3-9-20(10-4-17)29-24(33)22-15-23(32)31(14-13-16-1-5-18(27)6-2-16)25(34-22)30-21-11-7-19(28)8-12-21/h1-12,22H,13-15H2,(H,29,33). The van der Waals surface area contributed by atoms with E-state index in [0.29, 0.717) is 34.5 Å². The van der Waals surface area contributed by atoms with Gasteiger partial charge < -0.3 is 5.32 Å². The van der Waals surface area contributed by atoms with E-state index in [-0.39, 0.29) is 24.1 Å². The summed E-state index contributed by atoms with van der Waals surface area (Å²) in [5.41, 5.74) is 2.17. The number of hydrogen-bond acceptors (Lipinski definition) is 4. The third-order valence-corrected chi connectivity index (χ3v) is 7.10. The predicted molar refractivity (Wildman–Crippen MR) is 139 cm³/mol. The van der Waals surface area contributed by atoms with Crippen LogP contribution in [-0.4, -0.2) is 33.7 Å². The third kappa shape index (κ3) is 6.46. The van der Waals surface area contributed by atoms with Crippen LogP contribution in [0.4, 0.5) is 15.8 Å². The molecule has 1 N–H and O–H groups in total. The fourth-order valence-corrected chi connectivity index (χ4v) is 4.85. The molecular formula is C25H20BrClFN3O2S. The largest absolute Gasteiger partial charge is 0.325 e. The Morgan fingerprint density at radius 3 is 2.44 bits per heavy atom. The number of benzene rings is 3. The zero-order valence-corrected chi connectivity index (χ0v) is 21.0. The SMILES string of the molecule is O=C(Nc1ccc(Br)cc1)C1CC(=O)N(CCc2ccc(Cl)cc2)C(=Nc2ccc(F)cc2)S1. The quantitative estimate of drug-likeness (QED) is 0.377. The second-order valence-electron chi connectivity index (χ2n) is 7.60. The van der Waals surface area contributed by atoms with Crippen LogP contribution in [0.3, 0.4) is 0 Å². The summed E-state index contributed by atoms with van der Waals surface area (Å²) in [6, 6.07) is 20.3. The fourth-order valence-electron chi connectivity index (χ4n) is 3.34. The van der Waals surface area contributed by atoms with Crippen LogP contribution < -0.4 is 5.32 Å². The highest BCUT2D eigenvalue weighted by Crippen LogP contribution is 2.30. The van der Waals surface area contributed by atoms with E-state index in [0.717, 1.165) is 10.0 Å². The molecule has 1 unspecified atom stereocenters. The molecule has 1 fully saturated rings. The van der Waals surface area contributed by atoms with Gasteiger partial charge in [-0.25, -0.2) is 9.38 Å². The first-order chi connectivity index (χ1) is 16.4. The van der Waals surface area contributed by atoms with E-state index in [1.807, 2.05) is 24.3 Å². The lowest BCUT2D eigenvalue weighted by atomic mass is 10.1. The molecule has 1 aliphatic heterocycles. The lowest BCUT2D eigenvalue weighted by Gasteiger charge is -2.32. The Labute approximate surface area is 214 Å². The van der Waals surface area contributed by atoms with Gasteiger partial charge in [-0.2, -0.15) is 0 Å². The number of aliphatic imine (C=N–C) groups is 1. The highest BCUT2D eigenvalue weighted by Gasteiger charge is 2.35. The maximum Gasteiger partial charge on any atom is 0.238 e. The van der Waals surface area contributed by atoms with Crippen LogP contribution >= 0.6 is 39.3 Å². The van der Waals surface area contributed by atoms with Crippen molar-refractivity contribution in [1.29, 1.82) is 0 Å². The second kappa shape index (κ2) is 11.2. The number of carbonyl (C=O) groups excluding carboxylic acids is 2. The Balaban J connectivity index is 1.54. The van der Waals surface area contributed by atoms with Gasteiger partial charge in [0.1, 0.15) is 11.1 Å². The minimum absolute atomic E-state index is 0.0517. The van der Waals surface area contributed by atoms with Crippen molar-refractivity contribution in [2.75, 3.05) is 11.9 Å². The second-order valence-corrected chi connectivity index (χ2v) is 10.1. The number of amides is 2. The molecule has 0 radical (unpaired) electrons. The molecule has 1 atom stereocenters. The number of rotatable bonds is 6. The average molecular weight is 561 g/mol. The number of nitrogens with one attached hydrogen (secondary N) is 1. The van der Waals surface area contributed by atoms with Crippen molar-refractivity contribution in [1.82, 2.24) is 4.90 Å². The van der Waals surface area contributed by atoms with Crippen molar-refractivity contribution in [3.05, 3.63) is 93.7 Å². The Morgan fingerprint density at radius 2 is 1.76 bits per heavy atom. The molecule has 1 saturated heterocycles. The first-order valence-corrected chi connectivity index (χ1v) is 12.5. The number of thioether (sulfide) groups is 1. The van der Waals surface area contributed by atoms with Gasteiger partial charge >= 0.3 is 0 Å². The van der Waals surface area contributed by atoms with Crippen LogP contribution in [-0.2, 0) is 16.0 Å². The molecule has 3 aromatic carbocycles. The molecule has 0 aliphatic carbocycles. The van der Waals surface area contributed by atoms with Crippen molar-refractivity contribution in [2.45, 2.75) is 18.1 Å². The van der Waals surface area contributed by atoms with Gasteiger partial charge in [-0.3, -0.25) is 14.5 Å². The summed E-state index contributed by atoms with van der Waals surface area (Å²) in [5, 5.41) is 3.28. The number of amidine groups is 1. The molecule has 5 nitrogen and oxygen atoms in total. The molecule has 2 amide bonds. The van der Waals surface area contributed by atoms with Crippen LogP contribution in [0.25, 0.3) is 0 Å². The number of halogens is 3.